The molecule has 0 aromatic heterocycles. The lowest BCUT2D eigenvalue weighted by atomic mass is 9.94. The van der Waals surface area contributed by atoms with Gasteiger partial charge >= 0.3 is 0 Å². The molecule has 0 bridgehead atoms. The number of rotatable bonds is 4. The number of aliphatic hydroxyl groups is 2. The number of ether oxygens (including phenoxy) is 2. The summed E-state index contributed by atoms with van der Waals surface area (Å²) in [5.74, 6) is 0.485. The molecular formula is C21H22ClNO5. The van der Waals surface area contributed by atoms with Gasteiger partial charge in [0, 0.05) is 17.9 Å². The van der Waals surface area contributed by atoms with Crippen LogP contribution in [0.15, 0.2) is 36.4 Å². The summed E-state index contributed by atoms with van der Waals surface area (Å²) in [5, 5.41) is 22.9. The number of carbonyl (C=O) groups is 1. The third-order valence-corrected chi connectivity index (χ3v) is 5.46. The van der Waals surface area contributed by atoms with Gasteiger partial charge in [0.2, 0.25) is 0 Å². The summed E-state index contributed by atoms with van der Waals surface area (Å²) >= 11 is 6.41. The molecule has 1 fully saturated rings. The molecule has 3 atom stereocenters. The predicted octanol–water partition coefficient (Wildman–Crippen LogP) is 2.84. The average molecular weight is 404 g/mol. The molecule has 28 heavy (non-hydrogen) atoms. The summed E-state index contributed by atoms with van der Waals surface area (Å²) in [6.45, 7) is -0.0841. The number of aliphatic hydroxyl groups excluding tert-OH is 2. The Balaban J connectivity index is 1.56. The highest BCUT2D eigenvalue weighted by Crippen LogP contribution is 2.34. The van der Waals surface area contributed by atoms with E-state index < -0.39 is 6.10 Å². The zero-order chi connectivity index (χ0) is 19.7. The van der Waals surface area contributed by atoms with Gasteiger partial charge in [-0.15, -0.1) is 0 Å². The molecule has 4 rings (SSSR count). The van der Waals surface area contributed by atoms with Crippen LogP contribution in [0, 0.1) is 0 Å². The molecule has 6 nitrogen and oxygen atoms in total. The Morgan fingerprint density at radius 1 is 1.18 bits per heavy atom. The van der Waals surface area contributed by atoms with Crippen LogP contribution >= 0.6 is 11.6 Å². The van der Waals surface area contributed by atoms with E-state index >= 15 is 0 Å². The zero-order valence-electron chi connectivity index (χ0n) is 15.2. The fourth-order valence-corrected chi connectivity index (χ4v) is 3.90. The molecule has 2 heterocycles. The number of anilines is 1. The molecule has 0 radical (unpaired) electrons. The van der Waals surface area contributed by atoms with E-state index in [-0.39, 0.29) is 31.3 Å². The lowest BCUT2D eigenvalue weighted by Crippen LogP contribution is -2.33. The molecule has 7 heteroatoms. The summed E-state index contributed by atoms with van der Waals surface area (Å²) < 4.78 is 11.3. The highest BCUT2D eigenvalue weighted by atomic mass is 35.5. The van der Waals surface area contributed by atoms with Gasteiger partial charge in [-0.05, 0) is 41.3 Å². The van der Waals surface area contributed by atoms with Crippen molar-refractivity contribution in [2.75, 3.05) is 18.5 Å². The molecule has 3 unspecified atom stereocenters. The highest BCUT2D eigenvalue weighted by Gasteiger charge is 2.29. The average Bonchev–Trinajstić information content (AvgIpc) is 2.68. The van der Waals surface area contributed by atoms with Crippen LogP contribution in [0.25, 0.3) is 0 Å². The minimum Gasteiger partial charge on any atom is -0.482 e. The van der Waals surface area contributed by atoms with Crippen LogP contribution in [0.2, 0.25) is 5.02 Å². The molecule has 2 aromatic rings. The number of nitrogens with one attached hydrogen (secondary N) is 1. The largest absolute Gasteiger partial charge is 0.482 e. The lowest BCUT2D eigenvalue weighted by molar-refractivity contribution is -0.118. The molecule has 2 aliphatic heterocycles. The fraction of sp³-hybridized carbons (Fsp3) is 0.381. The fourth-order valence-electron chi connectivity index (χ4n) is 3.71. The molecule has 0 saturated carbocycles. The topological polar surface area (TPSA) is 88.0 Å². The quantitative estimate of drug-likeness (QED) is 0.730. The van der Waals surface area contributed by atoms with Crippen LogP contribution in [-0.2, 0) is 16.0 Å². The first-order chi connectivity index (χ1) is 13.5. The standard InChI is InChI=1S/C21H22ClNO5/c22-17-3-2-13(20-9-15(25)8-16(10-24)28-20)7-14(17)5-12-1-4-19-18(6-12)23-21(26)11-27-19/h1-4,6-7,15-16,20,24-25H,5,8-11H2,(H,23,26). The summed E-state index contributed by atoms with van der Waals surface area (Å²) in [7, 11) is 0. The number of amides is 1. The third-order valence-electron chi connectivity index (χ3n) is 5.09. The smallest absolute Gasteiger partial charge is 0.262 e. The first kappa shape index (κ1) is 19.2. The second-order valence-electron chi connectivity index (χ2n) is 7.25. The number of fused-ring (bicyclic) bond motifs is 1. The van der Waals surface area contributed by atoms with E-state index in [1.165, 1.54) is 0 Å². The van der Waals surface area contributed by atoms with E-state index in [4.69, 9.17) is 21.1 Å². The van der Waals surface area contributed by atoms with Crippen molar-refractivity contribution in [3.05, 3.63) is 58.1 Å². The summed E-state index contributed by atoms with van der Waals surface area (Å²) in [6, 6.07) is 11.4. The van der Waals surface area contributed by atoms with Gasteiger partial charge in [-0.1, -0.05) is 29.8 Å². The van der Waals surface area contributed by atoms with Gasteiger partial charge in [-0.3, -0.25) is 4.79 Å². The first-order valence-corrected chi connectivity index (χ1v) is 9.68. The van der Waals surface area contributed by atoms with Gasteiger partial charge in [-0.25, -0.2) is 0 Å². The monoisotopic (exact) mass is 403 g/mol. The van der Waals surface area contributed by atoms with E-state index in [9.17, 15) is 15.0 Å². The SMILES string of the molecule is O=C1COc2ccc(Cc3cc(C4CC(O)CC(CO)O4)ccc3Cl)cc2N1. The van der Waals surface area contributed by atoms with Crippen molar-refractivity contribution in [3.8, 4) is 5.75 Å². The van der Waals surface area contributed by atoms with Crippen molar-refractivity contribution >= 4 is 23.2 Å². The Labute approximate surface area is 168 Å². The normalized spacial score (nSPS) is 24.2. The third kappa shape index (κ3) is 4.15. The Morgan fingerprint density at radius 3 is 2.86 bits per heavy atom. The van der Waals surface area contributed by atoms with Crippen molar-refractivity contribution in [2.45, 2.75) is 37.6 Å². The van der Waals surface area contributed by atoms with Crippen LogP contribution in [0.1, 0.15) is 35.6 Å². The number of hydrogen-bond donors (Lipinski definition) is 3. The van der Waals surface area contributed by atoms with Crippen molar-refractivity contribution < 1.29 is 24.5 Å². The molecule has 3 N–H and O–H groups in total. The maximum Gasteiger partial charge on any atom is 0.262 e. The molecule has 2 aromatic carbocycles. The van der Waals surface area contributed by atoms with Crippen LogP contribution in [0.4, 0.5) is 5.69 Å². The number of halogens is 1. The minimum absolute atomic E-state index is 0.0301. The Morgan fingerprint density at radius 2 is 2.04 bits per heavy atom. The van der Waals surface area contributed by atoms with Gasteiger partial charge in [-0.2, -0.15) is 0 Å². The minimum atomic E-state index is -0.501. The second kappa shape index (κ2) is 8.09. The zero-order valence-corrected chi connectivity index (χ0v) is 16.0. The Kier molecular flexibility index (Phi) is 5.55. The summed E-state index contributed by atoms with van der Waals surface area (Å²) in [4.78, 5) is 11.5. The predicted molar refractivity (Wildman–Crippen MR) is 105 cm³/mol. The van der Waals surface area contributed by atoms with E-state index in [2.05, 4.69) is 5.32 Å². The molecule has 2 aliphatic rings. The Hall–Kier alpha value is -2.12. The van der Waals surface area contributed by atoms with E-state index in [1.54, 1.807) is 0 Å². The number of hydrogen-bond acceptors (Lipinski definition) is 5. The van der Waals surface area contributed by atoms with Gasteiger partial charge < -0.3 is 25.0 Å². The van der Waals surface area contributed by atoms with Gasteiger partial charge in [0.25, 0.3) is 5.91 Å². The maximum absolute atomic E-state index is 11.5. The highest BCUT2D eigenvalue weighted by molar-refractivity contribution is 6.31. The van der Waals surface area contributed by atoms with E-state index in [0.29, 0.717) is 35.7 Å². The van der Waals surface area contributed by atoms with Gasteiger partial charge in [0.05, 0.1) is 30.6 Å². The van der Waals surface area contributed by atoms with Gasteiger partial charge in [0.15, 0.2) is 6.61 Å². The molecule has 148 valence electrons. The van der Waals surface area contributed by atoms with E-state index in [1.807, 2.05) is 36.4 Å². The van der Waals surface area contributed by atoms with Crippen LogP contribution in [-0.4, -0.2) is 41.5 Å². The molecule has 1 saturated heterocycles. The first-order valence-electron chi connectivity index (χ1n) is 9.30. The van der Waals surface area contributed by atoms with Crippen molar-refractivity contribution in [3.63, 3.8) is 0 Å². The lowest BCUT2D eigenvalue weighted by Gasteiger charge is -2.32. The van der Waals surface area contributed by atoms with Crippen LogP contribution < -0.4 is 10.1 Å². The second-order valence-corrected chi connectivity index (χ2v) is 7.66. The molecule has 1 amide bonds. The van der Waals surface area contributed by atoms with Crippen molar-refractivity contribution in [1.29, 1.82) is 0 Å². The van der Waals surface area contributed by atoms with Crippen LogP contribution in [0.5, 0.6) is 5.75 Å². The molecule has 0 spiro atoms. The van der Waals surface area contributed by atoms with Gasteiger partial charge in [0.1, 0.15) is 5.75 Å². The Bertz CT molecular complexity index is 887. The van der Waals surface area contributed by atoms with Crippen molar-refractivity contribution in [1.82, 2.24) is 0 Å². The molecule has 0 aliphatic carbocycles. The number of carbonyl (C=O) groups excluding carboxylic acids is 1. The summed E-state index contributed by atoms with van der Waals surface area (Å²) in [5.41, 5.74) is 3.49. The number of benzene rings is 2. The van der Waals surface area contributed by atoms with Crippen LogP contribution in [0.3, 0.4) is 0 Å². The van der Waals surface area contributed by atoms with Crippen molar-refractivity contribution in [2.24, 2.45) is 0 Å². The maximum atomic E-state index is 11.5. The summed E-state index contributed by atoms with van der Waals surface area (Å²) in [6.07, 6.45) is 0.356. The van der Waals surface area contributed by atoms with E-state index in [0.717, 1.165) is 16.7 Å². The molecular weight excluding hydrogens is 382 g/mol.